The van der Waals surface area contributed by atoms with Crippen LogP contribution in [0.3, 0.4) is 0 Å². The molecule has 0 aliphatic carbocycles. The van der Waals surface area contributed by atoms with Gasteiger partial charge >= 0.3 is 0 Å². The van der Waals surface area contributed by atoms with Crippen LogP contribution in [-0.2, 0) is 0 Å². The molecule has 0 bridgehead atoms. The van der Waals surface area contributed by atoms with Gasteiger partial charge in [0.05, 0.1) is 5.69 Å². The molecule has 0 radical (unpaired) electrons. The first-order valence-corrected chi connectivity index (χ1v) is 5.57. The topological polar surface area (TPSA) is 36.4 Å². The smallest absolute Gasteiger partial charge is 0.151 e. The van der Waals surface area contributed by atoms with Gasteiger partial charge in [-0.05, 0) is 26.1 Å². The SMILES string of the molecule is Cc1nc(N2CCN(C)CC2)ccc1C=O. The predicted molar refractivity (Wildman–Crippen MR) is 64.1 cm³/mol. The quantitative estimate of drug-likeness (QED) is 0.694. The van der Waals surface area contributed by atoms with Crippen LogP contribution in [0.15, 0.2) is 12.1 Å². The van der Waals surface area contributed by atoms with Crippen molar-refractivity contribution in [3.05, 3.63) is 23.4 Å². The minimum atomic E-state index is 0.679. The van der Waals surface area contributed by atoms with Crippen molar-refractivity contribution < 1.29 is 4.79 Å². The van der Waals surface area contributed by atoms with Gasteiger partial charge in [0.1, 0.15) is 5.82 Å². The van der Waals surface area contributed by atoms with Crippen molar-refractivity contribution >= 4 is 12.1 Å². The molecule has 4 heteroatoms. The molecule has 0 saturated carbocycles. The molecule has 16 heavy (non-hydrogen) atoms. The van der Waals surface area contributed by atoms with E-state index in [0.717, 1.165) is 44.0 Å². The van der Waals surface area contributed by atoms with Gasteiger partial charge in [-0.2, -0.15) is 0 Å². The molecule has 1 aliphatic rings. The van der Waals surface area contributed by atoms with E-state index in [2.05, 4.69) is 21.8 Å². The monoisotopic (exact) mass is 219 g/mol. The van der Waals surface area contributed by atoms with Crippen molar-refractivity contribution in [3.63, 3.8) is 0 Å². The Bertz CT molecular complexity index is 384. The lowest BCUT2D eigenvalue weighted by Gasteiger charge is -2.33. The van der Waals surface area contributed by atoms with Crippen LogP contribution in [0, 0.1) is 6.92 Å². The number of anilines is 1. The Morgan fingerprint density at radius 2 is 1.94 bits per heavy atom. The van der Waals surface area contributed by atoms with Crippen LogP contribution in [0.25, 0.3) is 0 Å². The minimum Gasteiger partial charge on any atom is -0.354 e. The molecule has 4 nitrogen and oxygen atoms in total. The van der Waals surface area contributed by atoms with E-state index in [1.165, 1.54) is 0 Å². The maximum Gasteiger partial charge on any atom is 0.151 e. The summed E-state index contributed by atoms with van der Waals surface area (Å²) in [5.74, 6) is 0.983. The predicted octanol–water partition coefficient (Wildman–Crippen LogP) is 0.954. The van der Waals surface area contributed by atoms with Crippen molar-refractivity contribution in [1.29, 1.82) is 0 Å². The third kappa shape index (κ3) is 2.22. The highest BCUT2D eigenvalue weighted by atomic mass is 16.1. The second-order valence-corrected chi connectivity index (χ2v) is 4.25. The minimum absolute atomic E-state index is 0.679. The lowest BCUT2D eigenvalue weighted by atomic mass is 10.2. The molecule has 1 aromatic rings. The zero-order valence-electron chi connectivity index (χ0n) is 9.81. The molecular formula is C12H17N3O. The van der Waals surface area contributed by atoms with E-state index in [1.807, 2.05) is 19.1 Å². The average molecular weight is 219 g/mol. The lowest BCUT2D eigenvalue weighted by Crippen LogP contribution is -2.44. The molecule has 0 atom stereocenters. The van der Waals surface area contributed by atoms with Crippen LogP contribution in [0.4, 0.5) is 5.82 Å². The first kappa shape index (κ1) is 11.1. The molecule has 86 valence electrons. The Hall–Kier alpha value is -1.42. The number of carbonyl (C=O) groups is 1. The van der Waals surface area contributed by atoms with Crippen LogP contribution < -0.4 is 4.90 Å². The summed E-state index contributed by atoms with van der Waals surface area (Å²) < 4.78 is 0. The number of piperazine rings is 1. The van der Waals surface area contributed by atoms with E-state index in [4.69, 9.17) is 0 Å². The first-order valence-electron chi connectivity index (χ1n) is 5.57. The molecule has 2 rings (SSSR count). The number of aryl methyl sites for hydroxylation is 1. The van der Waals surface area contributed by atoms with Crippen LogP contribution in [0.5, 0.6) is 0 Å². The Morgan fingerprint density at radius 1 is 1.25 bits per heavy atom. The van der Waals surface area contributed by atoms with Crippen LogP contribution in [0.1, 0.15) is 16.1 Å². The molecule has 0 N–H and O–H groups in total. The summed E-state index contributed by atoms with van der Waals surface area (Å²) in [6, 6.07) is 3.78. The van der Waals surface area contributed by atoms with Crippen LogP contribution >= 0.6 is 0 Å². The third-order valence-corrected chi connectivity index (χ3v) is 3.07. The van der Waals surface area contributed by atoms with E-state index < -0.39 is 0 Å². The summed E-state index contributed by atoms with van der Waals surface area (Å²) in [6.45, 7) is 6.02. The summed E-state index contributed by atoms with van der Waals surface area (Å²) in [4.78, 5) is 19.7. The molecular weight excluding hydrogens is 202 g/mol. The van der Waals surface area contributed by atoms with Gasteiger partial charge in [-0.15, -0.1) is 0 Å². The van der Waals surface area contributed by atoms with E-state index >= 15 is 0 Å². The van der Waals surface area contributed by atoms with Crippen molar-refractivity contribution in [1.82, 2.24) is 9.88 Å². The Labute approximate surface area is 95.9 Å². The normalized spacial score (nSPS) is 17.5. The van der Waals surface area contributed by atoms with Gasteiger partial charge in [-0.1, -0.05) is 0 Å². The fourth-order valence-electron chi connectivity index (χ4n) is 1.89. The van der Waals surface area contributed by atoms with E-state index in [-0.39, 0.29) is 0 Å². The maximum absolute atomic E-state index is 10.7. The second kappa shape index (κ2) is 4.61. The molecule has 2 heterocycles. The highest BCUT2D eigenvalue weighted by molar-refractivity contribution is 5.76. The molecule has 0 amide bonds. The summed E-state index contributed by atoms with van der Waals surface area (Å²) in [6.07, 6.45) is 0.857. The standard InChI is InChI=1S/C12H17N3O/c1-10-11(9-16)3-4-12(13-10)15-7-5-14(2)6-8-15/h3-4,9H,5-8H2,1-2H3. The summed E-state index contributed by atoms with van der Waals surface area (Å²) in [7, 11) is 2.13. The van der Waals surface area contributed by atoms with Crippen molar-refractivity contribution in [2.45, 2.75) is 6.92 Å². The van der Waals surface area contributed by atoms with E-state index in [1.54, 1.807) is 0 Å². The van der Waals surface area contributed by atoms with E-state index in [0.29, 0.717) is 5.56 Å². The van der Waals surface area contributed by atoms with Gasteiger partial charge in [0.2, 0.25) is 0 Å². The number of hydrogen-bond acceptors (Lipinski definition) is 4. The van der Waals surface area contributed by atoms with Crippen LogP contribution in [-0.4, -0.2) is 49.4 Å². The summed E-state index contributed by atoms with van der Waals surface area (Å²) >= 11 is 0. The van der Waals surface area contributed by atoms with E-state index in [9.17, 15) is 4.79 Å². The molecule has 1 aliphatic heterocycles. The number of carbonyl (C=O) groups excluding carboxylic acids is 1. The van der Waals surface area contributed by atoms with Gasteiger partial charge in [0, 0.05) is 31.7 Å². The number of pyridine rings is 1. The van der Waals surface area contributed by atoms with Crippen molar-refractivity contribution in [2.75, 3.05) is 38.1 Å². The number of rotatable bonds is 2. The summed E-state index contributed by atoms with van der Waals surface area (Å²) in [5.41, 5.74) is 1.49. The summed E-state index contributed by atoms with van der Waals surface area (Å²) in [5, 5.41) is 0. The Balaban J connectivity index is 2.15. The molecule has 0 aromatic carbocycles. The van der Waals surface area contributed by atoms with Gasteiger partial charge < -0.3 is 9.80 Å². The third-order valence-electron chi connectivity index (χ3n) is 3.07. The zero-order valence-corrected chi connectivity index (χ0v) is 9.81. The number of aromatic nitrogens is 1. The highest BCUT2D eigenvalue weighted by Crippen LogP contribution is 2.15. The van der Waals surface area contributed by atoms with Crippen molar-refractivity contribution in [2.24, 2.45) is 0 Å². The largest absolute Gasteiger partial charge is 0.354 e. The number of nitrogens with zero attached hydrogens (tertiary/aromatic N) is 3. The van der Waals surface area contributed by atoms with Gasteiger partial charge in [0.15, 0.2) is 6.29 Å². The molecule has 0 unspecified atom stereocenters. The van der Waals surface area contributed by atoms with Crippen molar-refractivity contribution in [3.8, 4) is 0 Å². The van der Waals surface area contributed by atoms with Crippen LogP contribution in [0.2, 0.25) is 0 Å². The second-order valence-electron chi connectivity index (χ2n) is 4.25. The molecule has 1 saturated heterocycles. The zero-order chi connectivity index (χ0) is 11.5. The maximum atomic E-state index is 10.7. The number of aldehydes is 1. The molecule has 1 fully saturated rings. The molecule has 0 spiro atoms. The fourth-order valence-corrected chi connectivity index (χ4v) is 1.89. The lowest BCUT2D eigenvalue weighted by molar-refractivity contribution is 0.112. The van der Waals surface area contributed by atoms with Gasteiger partial charge in [0.25, 0.3) is 0 Å². The average Bonchev–Trinajstić information content (AvgIpc) is 2.30. The Kier molecular flexibility index (Phi) is 3.19. The number of hydrogen-bond donors (Lipinski definition) is 0. The Morgan fingerprint density at radius 3 is 2.50 bits per heavy atom. The first-order chi connectivity index (χ1) is 7.70. The number of likely N-dealkylation sites (N-methyl/N-ethyl adjacent to an activating group) is 1. The highest BCUT2D eigenvalue weighted by Gasteiger charge is 2.15. The van der Waals surface area contributed by atoms with Gasteiger partial charge in [-0.3, -0.25) is 4.79 Å². The molecule has 1 aromatic heterocycles. The fraction of sp³-hybridized carbons (Fsp3) is 0.500. The van der Waals surface area contributed by atoms with Gasteiger partial charge in [-0.25, -0.2) is 4.98 Å².